The minimum absolute atomic E-state index is 0.302. The SMILES string of the molecule is Cc1ccc(NCc2ccc(F)cc2F)cn1. The van der Waals surface area contributed by atoms with Gasteiger partial charge in [-0.15, -0.1) is 0 Å². The number of rotatable bonds is 3. The van der Waals surface area contributed by atoms with Gasteiger partial charge in [-0.25, -0.2) is 8.78 Å². The molecule has 0 unspecified atom stereocenters. The highest BCUT2D eigenvalue weighted by atomic mass is 19.1. The van der Waals surface area contributed by atoms with Crippen LogP contribution in [-0.2, 0) is 6.54 Å². The van der Waals surface area contributed by atoms with Crippen molar-refractivity contribution < 1.29 is 8.78 Å². The zero-order chi connectivity index (χ0) is 12.3. The molecule has 0 aliphatic rings. The Hall–Kier alpha value is -1.97. The van der Waals surface area contributed by atoms with Crippen molar-refractivity contribution in [2.45, 2.75) is 13.5 Å². The third-order valence-electron chi connectivity index (χ3n) is 2.41. The number of pyridine rings is 1. The van der Waals surface area contributed by atoms with E-state index in [0.29, 0.717) is 12.1 Å². The molecule has 1 aromatic heterocycles. The summed E-state index contributed by atoms with van der Waals surface area (Å²) in [7, 11) is 0. The molecule has 17 heavy (non-hydrogen) atoms. The summed E-state index contributed by atoms with van der Waals surface area (Å²) < 4.78 is 26.0. The Morgan fingerprint density at radius 2 is 2.00 bits per heavy atom. The maximum absolute atomic E-state index is 13.3. The highest BCUT2D eigenvalue weighted by Crippen LogP contribution is 2.12. The Morgan fingerprint density at radius 3 is 2.65 bits per heavy atom. The van der Waals surface area contributed by atoms with E-state index in [1.165, 1.54) is 12.1 Å². The van der Waals surface area contributed by atoms with E-state index in [9.17, 15) is 8.78 Å². The summed E-state index contributed by atoms with van der Waals surface area (Å²) in [6.45, 7) is 2.19. The fourth-order valence-corrected chi connectivity index (χ4v) is 1.43. The van der Waals surface area contributed by atoms with Crippen LogP contribution in [0.1, 0.15) is 11.3 Å². The van der Waals surface area contributed by atoms with Crippen molar-refractivity contribution in [1.82, 2.24) is 4.98 Å². The summed E-state index contributed by atoms with van der Waals surface area (Å²) in [4.78, 5) is 4.11. The smallest absolute Gasteiger partial charge is 0.131 e. The second kappa shape index (κ2) is 4.91. The minimum Gasteiger partial charge on any atom is -0.380 e. The van der Waals surface area contributed by atoms with Crippen LogP contribution in [0.3, 0.4) is 0 Å². The van der Waals surface area contributed by atoms with E-state index in [0.717, 1.165) is 17.4 Å². The lowest BCUT2D eigenvalue weighted by Crippen LogP contribution is -2.02. The zero-order valence-electron chi connectivity index (χ0n) is 9.37. The largest absolute Gasteiger partial charge is 0.380 e. The van der Waals surface area contributed by atoms with E-state index in [2.05, 4.69) is 10.3 Å². The lowest BCUT2D eigenvalue weighted by atomic mass is 10.2. The number of anilines is 1. The molecule has 0 atom stereocenters. The van der Waals surface area contributed by atoms with Gasteiger partial charge in [-0.05, 0) is 25.1 Å². The molecule has 1 heterocycles. The number of aryl methyl sites for hydroxylation is 1. The Kier molecular flexibility index (Phi) is 3.32. The lowest BCUT2D eigenvalue weighted by Gasteiger charge is -2.07. The molecule has 2 rings (SSSR count). The summed E-state index contributed by atoms with van der Waals surface area (Å²) in [5.74, 6) is -1.11. The average Bonchev–Trinajstić information content (AvgIpc) is 2.30. The summed E-state index contributed by atoms with van der Waals surface area (Å²) in [6.07, 6.45) is 1.68. The van der Waals surface area contributed by atoms with Gasteiger partial charge in [-0.1, -0.05) is 6.07 Å². The van der Waals surface area contributed by atoms with E-state index in [-0.39, 0.29) is 0 Å². The molecule has 0 radical (unpaired) electrons. The fraction of sp³-hybridized carbons (Fsp3) is 0.154. The van der Waals surface area contributed by atoms with Gasteiger partial charge >= 0.3 is 0 Å². The first-order valence-electron chi connectivity index (χ1n) is 5.25. The van der Waals surface area contributed by atoms with Crippen LogP contribution >= 0.6 is 0 Å². The molecule has 1 aromatic carbocycles. The maximum atomic E-state index is 13.3. The number of halogens is 2. The van der Waals surface area contributed by atoms with Crippen LogP contribution in [0.2, 0.25) is 0 Å². The average molecular weight is 234 g/mol. The van der Waals surface area contributed by atoms with Crippen molar-refractivity contribution in [3.05, 3.63) is 59.4 Å². The van der Waals surface area contributed by atoms with Gasteiger partial charge in [-0.3, -0.25) is 4.98 Å². The van der Waals surface area contributed by atoms with Crippen LogP contribution in [0.5, 0.6) is 0 Å². The van der Waals surface area contributed by atoms with Gasteiger partial charge in [0.25, 0.3) is 0 Å². The molecule has 0 saturated heterocycles. The van der Waals surface area contributed by atoms with Crippen LogP contribution in [-0.4, -0.2) is 4.98 Å². The van der Waals surface area contributed by atoms with Crippen molar-refractivity contribution in [1.29, 1.82) is 0 Å². The quantitative estimate of drug-likeness (QED) is 0.881. The molecular weight excluding hydrogens is 222 g/mol. The van der Waals surface area contributed by atoms with Crippen LogP contribution < -0.4 is 5.32 Å². The standard InChI is InChI=1S/C13H12F2N2/c1-9-2-5-12(8-16-9)17-7-10-3-4-11(14)6-13(10)15/h2-6,8,17H,7H2,1H3. The van der Waals surface area contributed by atoms with Crippen molar-refractivity contribution in [2.75, 3.05) is 5.32 Å². The first kappa shape index (κ1) is 11.5. The Morgan fingerprint density at radius 1 is 1.18 bits per heavy atom. The highest BCUT2D eigenvalue weighted by molar-refractivity contribution is 5.41. The van der Waals surface area contributed by atoms with E-state index >= 15 is 0 Å². The van der Waals surface area contributed by atoms with Gasteiger partial charge in [0.2, 0.25) is 0 Å². The molecule has 0 fully saturated rings. The predicted molar refractivity (Wildman–Crippen MR) is 62.7 cm³/mol. The first-order chi connectivity index (χ1) is 8.15. The number of aromatic nitrogens is 1. The molecule has 0 amide bonds. The fourth-order valence-electron chi connectivity index (χ4n) is 1.43. The van der Waals surface area contributed by atoms with Crippen LogP contribution in [0.15, 0.2) is 36.5 Å². The van der Waals surface area contributed by atoms with Gasteiger partial charge in [0.15, 0.2) is 0 Å². The summed E-state index contributed by atoms with van der Waals surface area (Å²) in [5.41, 5.74) is 2.15. The molecule has 0 aliphatic heterocycles. The minimum atomic E-state index is -0.566. The Labute approximate surface area is 98.3 Å². The Balaban J connectivity index is 2.04. The third-order valence-corrected chi connectivity index (χ3v) is 2.41. The topological polar surface area (TPSA) is 24.9 Å². The number of hydrogen-bond donors (Lipinski definition) is 1. The molecule has 2 aromatic rings. The lowest BCUT2D eigenvalue weighted by molar-refractivity contribution is 0.574. The van der Waals surface area contributed by atoms with Gasteiger partial charge in [0.1, 0.15) is 11.6 Å². The van der Waals surface area contributed by atoms with Crippen molar-refractivity contribution in [2.24, 2.45) is 0 Å². The summed E-state index contributed by atoms with van der Waals surface area (Å²) in [5, 5.41) is 3.02. The zero-order valence-corrected chi connectivity index (χ0v) is 9.37. The van der Waals surface area contributed by atoms with Crippen LogP contribution in [0.25, 0.3) is 0 Å². The number of benzene rings is 1. The number of nitrogens with zero attached hydrogens (tertiary/aromatic N) is 1. The van der Waals surface area contributed by atoms with Crippen molar-refractivity contribution in [3.63, 3.8) is 0 Å². The summed E-state index contributed by atoms with van der Waals surface area (Å²) >= 11 is 0. The van der Waals surface area contributed by atoms with Gasteiger partial charge in [0.05, 0.1) is 11.9 Å². The third kappa shape index (κ3) is 3.00. The summed E-state index contributed by atoms with van der Waals surface area (Å²) in [6, 6.07) is 7.28. The van der Waals surface area contributed by atoms with Gasteiger partial charge in [-0.2, -0.15) is 0 Å². The molecule has 88 valence electrons. The second-order valence-corrected chi connectivity index (χ2v) is 3.78. The van der Waals surface area contributed by atoms with E-state index in [1.54, 1.807) is 6.20 Å². The van der Waals surface area contributed by atoms with Crippen LogP contribution in [0.4, 0.5) is 14.5 Å². The van der Waals surface area contributed by atoms with E-state index in [1.807, 2.05) is 19.1 Å². The highest BCUT2D eigenvalue weighted by Gasteiger charge is 2.03. The molecule has 1 N–H and O–H groups in total. The molecule has 2 nitrogen and oxygen atoms in total. The van der Waals surface area contributed by atoms with Gasteiger partial charge in [0, 0.05) is 23.9 Å². The first-order valence-corrected chi connectivity index (χ1v) is 5.25. The van der Waals surface area contributed by atoms with Gasteiger partial charge < -0.3 is 5.32 Å². The normalized spacial score (nSPS) is 10.3. The number of nitrogens with one attached hydrogen (secondary N) is 1. The second-order valence-electron chi connectivity index (χ2n) is 3.78. The molecular formula is C13H12F2N2. The molecule has 0 bridgehead atoms. The molecule has 0 aliphatic carbocycles. The monoisotopic (exact) mass is 234 g/mol. The van der Waals surface area contributed by atoms with Crippen molar-refractivity contribution in [3.8, 4) is 0 Å². The molecule has 0 saturated carbocycles. The van der Waals surface area contributed by atoms with Crippen molar-refractivity contribution >= 4 is 5.69 Å². The van der Waals surface area contributed by atoms with E-state index < -0.39 is 11.6 Å². The number of hydrogen-bond acceptors (Lipinski definition) is 2. The van der Waals surface area contributed by atoms with E-state index in [4.69, 9.17) is 0 Å². The Bertz CT molecular complexity index is 509. The maximum Gasteiger partial charge on any atom is 0.131 e. The predicted octanol–water partition coefficient (Wildman–Crippen LogP) is 3.28. The van der Waals surface area contributed by atoms with Crippen LogP contribution in [0, 0.1) is 18.6 Å². The molecule has 0 spiro atoms. The molecule has 4 heteroatoms.